The lowest BCUT2D eigenvalue weighted by molar-refractivity contribution is -0.139. The molecule has 0 saturated carbocycles. The Morgan fingerprint density at radius 1 is 1.04 bits per heavy atom. The van der Waals surface area contributed by atoms with Crippen LogP contribution in [-0.4, -0.2) is 46.8 Å². The van der Waals surface area contributed by atoms with E-state index in [-0.39, 0.29) is 5.60 Å². The first-order valence-electron chi connectivity index (χ1n) is 9.06. The molecule has 25 heavy (non-hydrogen) atoms. The van der Waals surface area contributed by atoms with E-state index >= 15 is 0 Å². The third-order valence-corrected chi connectivity index (χ3v) is 5.37. The third-order valence-electron chi connectivity index (χ3n) is 5.37. The smallest absolute Gasteiger partial charge is 0.0964 e. The van der Waals surface area contributed by atoms with Gasteiger partial charge in [-0.25, -0.2) is 0 Å². The van der Waals surface area contributed by atoms with Gasteiger partial charge < -0.3 is 9.47 Å². The number of hydrogen-bond acceptors (Lipinski definition) is 5. The zero-order chi connectivity index (χ0) is 17.0. The Morgan fingerprint density at radius 3 is 2.44 bits per heavy atom. The number of ether oxygens (including phenoxy) is 2. The fourth-order valence-electron chi connectivity index (χ4n) is 4.01. The molecule has 2 aliphatic rings. The van der Waals surface area contributed by atoms with Crippen LogP contribution in [0.15, 0.2) is 49.1 Å². The molecule has 5 heteroatoms. The van der Waals surface area contributed by atoms with Gasteiger partial charge in [-0.1, -0.05) is 0 Å². The average Bonchev–Trinajstić information content (AvgIpc) is 3.04. The number of likely N-dealkylation sites (tertiary alicyclic amines) is 1. The van der Waals surface area contributed by atoms with Gasteiger partial charge >= 0.3 is 0 Å². The minimum absolute atomic E-state index is 0.0626. The lowest BCUT2D eigenvalue weighted by atomic mass is 9.79. The molecule has 5 nitrogen and oxygen atoms in total. The number of pyridine rings is 2. The van der Waals surface area contributed by atoms with Crippen molar-refractivity contribution in [3.8, 4) is 0 Å². The summed E-state index contributed by atoms with van der Waals surface area (Å²) >= 11 is 0. The lowest BCUT2D eigenvalue weighted by Gasteiger charge is -2.50. The van der Waals surface area contributed by atoms with Gasteiger partial charge in [-0.3, -0.25) is 14.9 Å². The average molecular weight is 339 g/mol. The van der Waals surface area contributed by atoms with Crippen molar-refractivity contribution in [1.82, 2.24) is 14.9 Å². The van der Waals surface area contributed by atoms with Gasteiger partial charge in [0.2, 0.25) is 0 Å². The van der Waals surface area contributed by atoms with Gasteiger partial charge in [0.1, 0.15) is 0 Å². The number of aromatic nitrogens is 2. The van der Waals surface area contributed by atoms with Gasteiger partial charge in [0.05, 0.1) is 12.2 Å². The van der Waals surface area contributed by atoms with Crippen molar-refractivity contribution in [2.75, 3.05) is 26.3 Å². The molecule has 132 valence electrons. The van der Waals surface area contributed by atoms with Crippen molar-refractivity contribution in [1.29, 1.82) is 0 Å². The van der Waals surface area contributed by atoms with Crippen LogP contribution >= 0.6 is 0 Å². The van der Waals surface area contributed by atoms with Crippen LogP contribution in [0.5, 0.6) is 0 Å². The van der Waals surface area contributed by atoms with E-state index in [4.69, 9.17) is 9.47 Å². The second-order valence-corrected chi connectivity index (χ2v) is 7.10. The number of nitrogens with zero attached hydrogens (tertiary/aromatic N) is 3. The molecule has 2 aliphatic heterocycles. The minimum atomic E-state index is 0.0626. The molecule has 4 rings (SSSR count). The Morgan fingerprint density at radius 2 is 1.72 bits per heavy atom. The molecule has 0 radical (unpaired) electrons. The standard InChI is InChI=1S/C20H25N3O2/c1-7-21-8-2-17(1)13-23-15-20(16-23)19(6-12-25-20)5-11-24-14-18-3-9-22-10-4-18/h1-4,7-10,19H,5-6,11-16H2/t19-/m1/s1. The van der Waals surface area contributed by atoms with Gasteiger partial charge in [0, 0.05) is 57.6 Å². The fourth-order valence-corrected chi connectivity index (χ4v) is 4.01. The second-order valence-electron chi connectivity index (χ2n) is 7.10. The van der Waals surface area contributed by atoms with Gasteiger partial charge in [-0.2, -0.15) is 0 Å². The van der Waals surface area contributed by atoms with Crippen LogP contribution in [0.4, 0.5) is 0 Å². The predicted molar refractivity (Wildman–Crippen MR) is 94.8 cm³/mol. The van der Waals surface area contributed by atoms with E-state index in [2.05, 4.69) is 27.0 Å². The fraction of sp³-hybridized carbons (Fsp3) is 0.500. The van der Waals surface area contributed by atoms with Crippen LogP contribution in [0.2, 0.25) is 0 Å². The molecule has 0 amide bonds. The van der Waals surface area contributed by atoms with Crippen LogP contribution in [0.3, 0.4) is 0 Å². The lowest BCUT2D eigenvalue weighted by Crippen LogP contribution is -2.64. The van der Waals surface area contributed by atoms with Gasteiger partial charge in [-0.15, -0.1) is 0 Å². The zero-order valence-corrected chi connectivity index (χ0v) is 14.5. The summed E-state index contributed by atoms with van der Waals surface area (Å²) in [6, 6.07) is 8.18. The minimum Gasteiger partial charge on any atom is -0.377 e. The monoisotopic (exact) mass is 339 g/mol. The summed E-state index contributed by atoms with van der Waals surface area (Å²) in [7, 11) is 0. The largest absolute Gasteiger partial charge is 0.377 e. The van der Waals surface area contributed by atoms with Crippen LogP contribution in [0, 0.1) is 5.92 Å². The second kappa shape index (κ2) is 7.60. The Bertz CT molecular complexity index is 659. The molecule has 2 aromatic rings. The quantitative estimate of drug-likeness (QED) is 0.726. The SMILES string of the molecule is c1cc(COCC[C@@H]2CCOC23CN(Cc2ccncc2)C3)ccn1. The highest BCUT2D eigenvalue weighted by Gasteiger charge is 2.52. The Hall–Kier alpha value is -1.82. The van der Waals surface area contributed by atoms with E-state index in [9.17, 15) is 0 Å². The highest BCUT2D eigenvalue weighted by Crippen LogP contribution is 2.42. The van der Waals surface area contributed by atoms with Crippen LogP contribution in [0.25, 0.3) is 0 Å². The molecule has 0 aliphatic carbocycles. The molecule has 1 spiro atoms. The van der Waals surface area contributed by atoms with E-state index < -0.39 is 0 Å². The normalized spacial score (nSPS) is 22.2. The van der Waals surface area contributed by atoms with E-state index in [1.165, 1.54) is 11.1 Å². The molecule has 0 N–H and O–H groups in total. The van der Waals surface area contributed by atoms with E-state index in [1.807, 2.05) is 36.9 Å². The van der Waals surface area contributed by atoms with Crippen molar-refractivity contribution < 1.29 is 9.47 Å². The molecular formula is C20H25N3O2. The van der Waals surface area contributed by atoms with Gasteiger partial charge in [0.15, 0.2) is 0 Å². The van der Waals surface area contributed by atoms with Crippen LogP contribution in [-0.2, 0) is 22.6 Å². The predicted octanol–water partition coefficient (Wildman–Crippen LogP) is 2.67. The highest BCUT2D eigenvalue weighted by molar-refractivity contribution is 5.13. The Balaban J connectivity index is 1.22. The first kappa shape index (κ1) is 16.6. The number of rotatable bonds is 7. The van der Waals surface area contributed by atoms with E-state index in [0.717, 1.165) is 45.7 Å². The highest BCUT2D eigenvalue weighted by atomic mass is 16.5. The molecule has 4 heterocycles. The van der Waals surface area contributed by atoms with Crippen molar-refractivity contribution in [2.45, 2.75) is 31.6 Å². The third kappa shape index (κ3) is 3.89. The summed E-state index contributed by atoms with van der Waals surface area (Å²) in [4.78, 5) is 10.6. The summed E-state index contributed by atoms with van der Waals surface area (Å²) < 4.78 is 12.0. The first-order chi connectivity index (χ1) is 12.3. The van der Waals surface area contributed by atoms with Crippen LogP contribution < -0.4 is 0 Å². The van der Waals surface area contributed by atoms with Crippen molar-refractivity contribution in [3.63, 3.8) is 0 Å². The zero-order valence-electron chi connectivity index (χ0n) is 14.5. The molecule has 2 aromatic heterocycles. The van der Waals surface area contributed by atoms with E-state index in [0.29, 0.717) is 12.5 Å². The molecule has 0 bridgehead atoms. The Labute approximate surface area is 149 Å². The maximum Gasteiger partial charge on any atom is 0.0964 e. The molecule has 2 fully saturated rings. The van der Waals surface area contributed by atoms with Gasteiger partial charge in [-0.05, 0) is 54.2 Å². The molecule has 0 unspecified atom stereocenters. The topological polar surface area (TPSA) is 47.5 Å². The summed E-state index contributed by atoms with van der Waals surface area (Å²) in [5.74, 6) is 0.610. The molecule has 0 aromatic carbocycles. The maximum absolute atomic E-state index is 6.15. The van der Waals surface area contributed by atoms with Crippen molar-refractivity contribution >= 4 is 0 Å². The summed E-state index contributed by atoms with van der Waals surface area (Å²) in [6.45, 7) is 5.39. The van der Waals surface area contributed by atoms with Crippen LogP contribution in [0.1, 0.15) is 24.0 Å². The first-order valence-corrected chi connectivity index (χ1v) is 9.06. The summed E-state index contributed by atoms with van der Waals surface area (Å²) in [6.07, 6.45) is 9.57. The van der Waals surface area contributed by atoms with Crippen molar-refractivity contribution in [2.24, 2.45) is 5.92 Å². The maximum atomic E-state index is 6.15. The molecule has 1 atom stereocenters. The van der Waals surface area contributed by atoms with Crippen molar-refractivity contribution in [3.05, 3.63) is 60.2 Å². The summed E-state index contributed by atoms with van der Waals surface area (Å²) in [5, 5.41) is 0. The number of hydrogen-bond donors (Lipinski definition) is 0. The molecule has 2 saturated heterocycles. The molecular weight excluding hydrogens is 314 g/mol. The van der Waals surface area contributed by atoms with Gasteiger partial charge in [0.25, 0.3) is 0 Å². The Kier molecular flexibility index (Phi) is 5.06. The van der Waals surface area contributed by atoms with E-state index in [1.54, 1.807) is 0 Å². The summed E-state index contributed by atoms with van der Waals surface area (Å²) in [5.41, 5.74) is 2.56.